The van der Waals surface area contributed by atoms with E-state index in [1.807, 2.05) is 6.92 Å². The summed E-state index contributed by atoms with van der Waals surface area (Å²) < 4.78 is 10.4. The summed E-state index contributed by atoms with van der Waals surface area (Å²) >= 11 is 5.13. The van der Waals surface area contributed by atoms with Crippen molar-refractivity contribution in [3.8, 4) is 11.5 Å². The zero-order valence-corrected chi connectivity index (χ0v) is 14.9. The van der Waals surface area contributed by atoms with Gasteiger partial charge in [0, 0.05) is 12.1 Å². The van der Waals surface area contributed by atoms with E-state index in [9.17, 15) is 4.79 Å². The van der Waals surface area contributed by atoms with Crippen molar-refractivity contribution in [1.82, 2.24) is 10.7 Å². The number of carboxylic acid groups (broad SMARTS) is 1. The van der Waals surface area contributed by atoms with Crippen molar-refractivity contribution >= 4 is 29.0 Å². The van der Waals surface area contributed by atoms with Crippen molar-refractivity contribution < 1.29 is 19.4 Å². The zero-order valence-electron chi connectivity index (χ0n) is 14.1. The summed E-state index contributed by atoms with van der Waals surface area (Å²) in [6, 6.07) is 5.15. The van der Waals surface area contributed by atoms with Gasteiger partial charge in [0.25, 0.3) is 0 Å². The van der Waals surface area contributed by atoms with Crippen molar-refractivity contribution in [2.75, 3.05) is 20.3 Å². The summed E-state index contributed by atoms with van der Waals surface area (Å²) in [6.07, 6.45) is 2.13. The van der Waals surface area contributed by atoms with Crippen molar-refractivity contribution in [3.63, 3.8) is 0 Å². The van der Waals surface area contributed by atoms with Crippen LogP contribution in [0.15, 0.2) is 23.3 Å². The Kier molecular flexibility index (Phi) is 8.56. The molecule has 1 rings (SSSR count). The smallest absolute Gasteiger partial charge is 0.341 e. The van der Waals surface area contributed by atoms with E-state index in [1.54, 1.807) is 18.2 Å². The summed E-state index contributed by atoms with van der Waals surface area (Å²) in [5, 5.41) is 16.4. The molecule has 7 nitrogen and oxygen atoms in total. The van der Waals surface area contributed by atoms with E-state index in [2.05, 4.69) is 22.8 Å². The minimum absolute atomic E-state index is 0.362. The molecule has 0 atom stereocenters. The van der Waals surface area contributed by atoms with Crippen LogP contribution in [0, 0.1) is 0 Å². The van der Waals surface area contributed by atoms with Gasteiger partial charge in [-0.2, -0.15) is 5.10 Å². The molecule has 0 bridgehead atoms. The Morgan fingerprint density at radius 3 is 2.75 bits per heavy atom. The van der Waals surface area contributed by atoms with Gasteiger partial charge in [0.1, 0.15) is 0 Å². The summed E-state index contributed by atoms with van der Waals surface area (Å²) in [7, 11) is 1.49. The molecule has 3 N–H and O–H groups in total. The Labute approximate surface area is 147 Å². The number of benzene rings is 1. The number of carboxylic acids is 1. The number of hydrogen-bond acceptors (Lipinski definition) is 5. The Morgan fingerprint density at radius 1 is 1.38 bits per heavy atom. The average Bonchev–Trinajstić information content (AvgIpc) is 2.57. The third-order valence-electron chi connectivity index (χ3n) is 3.07. The minimum atomic E-state index is -1.05. The second-order valence-corrected chi connectivity index (χ2v) is 5.37. The Bertz CT molecular complexity index is 605. The van der Waals surface area contributed by atoms with Gasteiger partial charge >= 0.3 is 5.97 Å². The van der Waals surface area contributed by atoms with Crippen LogP contribution in [0.3, 0.4) is 0 Å². The normalized spacial score (nSPS) is 10.9. The molecule has 0 amide bonds. The van der Waals surface area contributed by atoms with Gasteiger partial charge in [0.2, 0.25) is 0 Å². The van der Waals surface area contributed by atoms with Gasteiger partial charge in [0.15, 0.2) is 23.2 Å². The molecular formula is C16H23N3O4S. The van der Waals surface area contributed by atoms with E-state index in [4.69, 9.17) is 26.8 Å². The Balaban J connectivity index is 2.72. The Morgan fingerprint density at radius 2 is 2.12 bits per heavy atom. The van der Waals surface area contributed by atoms with Crippen molar-refractivity contribution in [3.05, 3.63) is 23.8 Å². The van der Waals surface area contributed by atoms with Gasteiger partial charge in [-0.25, -0.2) is 4.79 Å². The highest BCUT2D eigenvalue weighted by molar-refractivity contribution is 7.80. The van der Waals surface area contributed by atoms with E-state index in [0.29, 0.717) is 22.3 Å². The number of rotatable bonds is 9. The fraction of sp³-hybridized carbons (Fsp3) is 0.438. The van der Waals surface area contributed by atoms with Crippen LogP contribution < -0.4 is 20.2 Å². The molecule has 1 aromatic carbocycles. The molecule has 0 fully saturated rings. The molecule has 0 radical (unpaired) electrons. The lowest BCUT2D eigenvalue weighted by Crippen LogP contribution is -2.33. The van der Waals surface area contributed by atoms with Gasteiger partial charge < -0.3 is 19.9 Å². The van der Waals surface area contributed by atoms with Gasteiger partial charge in [-0.15, -0.1) is 0 Å². The fourth-order valence-corrected chi connectivity index (χ4v) is 1.92. The first-order valence-electron chi connectivity index (χ1n) is 7.59. The predicted octanol–water partition coefficient (Wildman–Crippen LogP) is 2.15. The topological polar surface area (TPSA) is 92.2 Å². The standard InChI is InChI=1S/C16H23N3O4S/c1-4-5-8-17-16(24)19-18-11(2)12-6-7-13(14(9-12)22-3)23-10-15(20)21/h6-7,9H,4-5,8,10H2,1-3H3,(H,20,21)(H2,17,19,24)/b18-11-. The molecule has 0 aliphatic rings. The summed E-state index contributed by atoms with van der Waals surface area (Å²) in [4.78, 5) is 10.6. The maximum absolute atomic E-state index is 10.6. The van der Waals surface area contributed by atoms with Gasteiger partial charge in [-0.1, -0.05) is 13.3 Å². The second kappa shape index (κ2) is 10.4. The fourth-order valence-electron chi connectivity index (χ4n) is 1.77. The maximum Gasteiger partial charge on any atom is 0.341 e. The third-order valence-corrected chi connectivity index (χ3v) is 3.31. The maximum atomic E-state index is 10.6. The molecule has 0 saturated carbocycles. The average molecular weight is 353 g/mol. The molecule has 0 spiro atoms. The van der Waals surface area contributed by atoms with Crippen molar-refractivity contribution in [1.29, 1.82) is 0 Å². The van der Waals surface area contributed by atoms with Crippen LogP contribution in [0.2, 0.25) is 0 Å². The molecule has 24 heavy (non-hydrogen) atoms. The van der Waals surface area contributed by atoms with Crippen LogP contribution >= 0.6 is 12.2 Å². The van der Waals surface area contributed by atoms with Gasteiger partial charge in [-0.05, 0) is 43.8 Å². The number of aliphatic carboxylic acids is 1. The number of hydrazone groups is 1. The molecule has 0 aliphatic heterocycles. The first-order valence-corrected chi connectivity index (χ1v) is 7.99. The van der Waals surface area contributed by atoms with E-state index in [0.717, 1.165) is 24.9 Å². The number of hydrogen-bond donors (Lipinski definition) is 3. The van der Waals surface area contributed by atoms with Crippen LogP contribution in [0.4, 0.5) is 0 Å². The largest absolute Gasteiger partial charge is 0.493 e. The van der Waals surface area contributed by atoms with Crippen molar-refractivity contribution in [2.45, 2.75) is 26.7 Å². The van der Waals surface area contributed by atoms with Crippen LogP contribution in [0.5, 0.6) is 11.5 Å². The lowest BCUT2D eigenvalue weighted by atomic mass is 10.1. The van der Waals surface area contributed by atoms with Crippen molar-refractivity contribution in [2.24, 2.45) is 5.10 Å². The zero-order chi connectivity index (χ0) is 17.9. The number of ether oxygens (including phenoxy) is 2. The summed E-state index contributed by atoms with van der Waals surface area (Å²) in [5.74, 6) is -0.250. The SMILES string of the molecule is CCCCNC(=S)N/N=C(/C)c1ccc(OCC(=O)O)c(OC)c1. The number of thiocarbonyl (C=S) groups is 1. The number of methoxy groups -OCH3 is 1. The molecule has 0 aromatic heterocycles. The lowest BCUT2D eigenvalue weighted by molar-refractivity contribution is -0.139. The lowest BCUT2D eigenvalue weighted by Gasteiger charge is -2.11. The van der Waals surface area contributed by atoms with E-state index >= 15 is 0 Å². The predicted molar refractivity (Wildman–Crippen MR) is 97.0 cm³/mol. The Hall–Kier alpha value is -2.35. The number of nitrogens with one attached hydrogen (secondary N) is 2. The quantitative estimate of drug-likeness (QED) is 0.271. The first-order chi connectivity index (χ1) is 11.5. The third kappa shape index (κ3) is 6.82. The minimum Gasteiger partial charge on any atom is -0.493 e. The molecule has 132 valence electrons. The van der Waals surface area contributed by atoms with Crippen LogP contribution in [-0.4, -0.2) is 42.2 Å². The van der Waals surface area contributed by atoms with Gasteiger partial charge in [-0.3, -0.25) is 5.43 Å². The second-order valence-electron chi connectivity index (χ2n) is 4.97. The van der Waals surface area contributed by atoms with E-state index in [1.165, 1.54) is 7.11 Å². The van der Waals surface area contributed by atoms with Crippen LogP contribution in [0.1, 0.15) is 32.3 Å². The highest BCUT2D eigenvalue weighted by atomic mass is 32.1. The first kappa shape index (κ1) is 19.7. The monoisotopic (exact) mass is 353 g/mol. The molecule has 8 heteroatoms. The van der Waals surface area contributed by atoms with Crippen LogP contribution in [-0.2, 0) is 4.79 Å². The summed E-state index contributed by atoms with van der Waals surface area (Å²) in [6.45, 7) is 4.31. The molecule has 0 unspecified atom stereocenters. The number of unbranched alkanes of at least 4 members (excludes halogenated alkanes) is 1. The molecular weight excluding hydrogens is 330 g/mol. The highest BCUT2D eigenvalue weighted by Gasteiger charge is 2.09. The van der Waals surface area contributed by atoms with E-state index in [-0.39, 0.29) is 0 Å². The molecule has 0 saturated heterocycles. The molecule has 1 aromatic rings. The summed E-state index contributed by atoms with van der Waals surface area (Å²) in [5.41, 5.74) is 4.30. The van der Waals surface area contributed by atoms with E-state index < -0.39 is 12.6 Å². The highest BCUT2D eigenvalue weighted by Crippen LogP contribution is 2.28. The number of carbonyl (C=O) groups is 1. The number of nitrogens with zero attached hydrogens (tertiary/aromatic N) is 1. The van der Waals surface area contributed by atoms with Crippen LogP contribution in [0.25, 0.3) is 0 Å². The molecule has 0 aliphatic carbocycles. The van der Waals surface area contributed by atoms with Gasteiger partial charge in [0.05, 0.1) is 12.8 Å². The molecule has 0 heterocycles.